The average Bonchev–Trinajstić information content (AvgIpc) is 3.36. The van der Waals surface area contributed by atoms with Crippen LogP contribution in [0.4, 0.5) is 14.9 Å². The van der Waals surface area contributed by atoms with Crippen LogP contribution >= 0.6 is 11.3 Å². The number of hydrogen-bond donors (Lipinski definition) is 2. The molecule has 0 fully saturated rings. The van der Waals surface area contributed by atoms with Gasteiger partial charge in [-0.2, -0.15) is 0 Å². The van der Waals surface area contributed by atoms with Crippen molar-refractivity contribution in [3.05, 3.63) is 60.1 Å². The van der Waals surface area contributed by atoms with Crippen LogP contribution in [0.15, 0.2) is 42.9 Å². The largest absolute Gasteiger partial charge is 0.485 e. The van der Waals surface area contributed by atoms with E-state index in [2.05, 4.69) is 24.9 Å². The number of amides is 1. The number of carbonyl (C=O) groups is 1. The van der Waals surface area contributed by atoms with E-state index in [4.69, 9.17) is 14.6 Å². The molecule has 0 aliphatic heterocycles. The van der Waals surface area contributed by atoms with E-state index >= 15 is 4.39 Å². The summed E-state index contributed by atoms with van der Waals surface area (Å²) in [5.41, 5.74) is 3.76. The van der Waals surface area contributed by atoms with Crippen molar-refractivity contribution in [1.29, 1.82) is 0 Å². The number of nitrogens with zero attached hydrogens (tertiary/aromatic N) is 6. The van der Waals surface area contributed by atoms with Crippen LogP contribution in [0.25, 0.3) is 31.8 Å². The molecule has 0 aliphatic rings. The molecule has 13 heteroatoms. The van der Waals surface area contributed by atoms with Crippen molar-refractivity contribution in [2.45, 2.75) is 46.3 Å². The minimum Gasteiger partial charge on any atom is -0.485 e. The second kappa shape index (κ2) is 12.2. The number of aryl methyl sites for hydroxylation is 1. The van der Waals surface area contributed by atoms with Crippen LogP contribution in [-0.2, 0) is 6.42 Å². The van der Waals surface area contributed by atoms with Gasteiger partial charge in [-0.05, 0) is 45.4 Å². The first-order chi connectivity index (χ1) is 20.2. The van der Waals surface area contributed by atoms with Crippen molar-refractivity contribution in [2.24, 2.45) is 0 Å². The van der Waals surface area contributed by atoms with Gasteiger partial charge in [-0.15, -0.1) is 11.3 Å². The molecular formula is C29H29FN6O5S. The lowest BCUT2D eigenvalue weighted by atomic mass is 10.1. The third-order valence-corrected chi connectivity index (χ3v) is 7.70. The molecule has 11 nitrogen and oxygen atoms in total. The molecule has 0 saturated heterocycles. The molecule has 3 heterocycles. The number of aliphatic hydroxyl groups excluding tert-OH is 1. The Bertz CT molecular complexity index is 1750. The van der Waals surface area contributed by atoms with E-state index in [1.807, 2.05) is 26.0 Å². The van der Waals surface area contributed by atoms with Crippen LogP contribution in [0.5, 0.6) is 11.6 Å². The maximum atomic E-state index is 15.2. The topological polar surface area (TPSA) is 144 Å². The number of ether oxygens (including phenoxy) is 2. The summed E-state index contributed by atoms with van der Waals surface area (Å²) in [5, 5.41) is 19.6. The van der Waals surface area contributed by atoms with Gasteiger partial charge >= 0.3 is 6.09 Å². The second-order valence-corrected chi connectivity index (χ2v) is 10.7. The third kappa shape index (κ3) is 5.92. The number of hydrogen-bond acceptors (Lipinski definition) is 10. The molecule has 1 amide bonds. The lowest BCUT2D eigenvalue weighted by Crippen LogP contribution is -2.46. The molecule has 0 bridgehead atoms. The highest BCUT2D eigenvalue weighted by molar-refractivity contribution is 7.21. The Morgan fingerprint density at radius 2 is 1.83 bits per heavy atom. The Morgan fingerprint density at radius 3 is 2.52 bits per heavy atom. The SMILES string of the molecule is CCOc1cnc2c(-c3nc4cc(F)c(OC(C)C(C)N(C(=O)O)c5cnc(CCO)nc5)cc4s3)cc(C)cc2n1. The van der Waals surface area contributed by atoms with Crippen LogP contribution in [-0.4, -0.2) is 66.6 Å². The maximum absolute atomic E-state index is 15.2. The van der Waals surface area contributed by atoms with Crippen molar-refractivity contribution in [3.63, 3.8) is 0 Å². The second-order valence-electron chi connectivity index (χ2n) is 9.64. The number of fused-ring (bicyclic) bond motifs is 2. The van der Waals surface area contributed by atoms with Gasteiger partial charge in [0.05, 0.1) is 64.8 Å². The Kier molecular flexibility index (Phi) is 8.41. The Morgan fingerprint density at radius 1 is 1.07 bits per heavy atom. The molecule has 2 atom stereocenters. The molecule has 0 saturated carbocycles. The molecule has 3 aromatic heterocycles. The van der Waals surface area contributed by atoms with E-state index in [9.17, 15) is 9.90 Å². The van der Waals surface area contributed by atoms with Crippen LogP contribution in [0.2, 0.25) is 0 Å². The van der Waals surface area contributed by atoms with Gasteiger partial charge in [0.2, 0.25) is 5.88 Å². The summed E-state index contributed by atoms with van der Waals surface area (Å²) >= 11 is 1.36. The average molecular weight is 593 g/mol. The van der Waals surface area contributed by atoms with Crippen molar-refractivity contribution in [3.8, 4) is 22.2 Å². The van der Waals surface area contributed by atoms with Crippen LogP contribution < -0.4 is 14.4 Å². The van der Waals surface area contributed by atoms with E-state index in [0.29, 0.717) is 44.6 Å². The van der Waals surface area contributed by atoms with Crippen molar-refractivity contribution in [1.82, 2.24) is 24.9 Å². The minimum absolute atomic E-state index is 0.0211. The normalized spacial score (nSPS) is 12.8. The molecule has 5 aromatic rings. The fourth-order valence-corrected chi connectivity index (χ4v) is 5.49. The molecule has 42 heavy (non-hydrogen) atoms. The first-order valence-corrected chi connectivity index (χ1v) is 14.1. The van der Waals surface area contributed by atoms with E-state index in [0.717, 1.165) is 16.0 Å². The Balaban J connectivity index is 1.43. The molecule has 0 radical (unpaired) electrons. The fourth-order valence-electron chi connectivity index (χ4n) is 4.49. The first kappa shape index (κ1) is 29.0. The highest BCUT2D eigenvalue weighted by Crippen LogP contribution is 2.37. The molecule has 5 rings (SSSR count). The monoisotopic (exact) mass is 592 g/mol. The number of aromatic nitrogens is 5. The van der Waals surface area contributed by atoms with Gasteiger partial charge in [0.15, 0.2) is 11.6 Å². The lowest BCUT2D eigenvalue weighted by molar-refractivity contribution is 0.167. The Hall–Kier alpha value is -4.49. The highest BCUT2D eigenvalue weighted by Gasteiger charge is 2.29. The number of halogens is 1. The Labute approximate surface area is 244 Å². The molecule has 0 spiro atoms. The number of benzene rings is 2. The molecular weight excluding hydrogens is 563 g/mol. The van der Waals surface area contributed by atoms with E-state index < -0.39 is 24.1 Å². The maximum Gasteiger partial charge on any atom is 0.412 e. The van der Waals surface area contributed by atoms with Crippen LogP contribution in [0.3, 0.4) is 0 Å². The highest BCUT2D eigenvalue weighted by atomic mass is 32.1. The van der Waals surface area contributed by atoms with Gasteiger partial charge in [-0.1, -0.05) is 0 Å². The van der Waals surface area contributed by atoms with Crippen LogP contribution in [0, 0.1) is 12.7 Å². The zero-order valence-corrected chi connectivity index (χ0v) is 24.2. The predicted molar refractivity (Wildman–Crippen MR) is 157 cm³/mol. The van der Waals surface area contributed by atoms with E-state index in [1.54, 1.807) is 26.1 Å². The van der Waals surface area contributed by atoms with Gasteiger partial charge in [-0.3, -0.25) is 4.90 Å². The minimum atomic E-state index is -1.23. The summed E-state index contributed by atoms with van der Waals surface area (Å²) in [6.45, 7) is 7.51. The molecule has 218 valence electrons. The number of aliphatic hydroxyl groups is 1. The molecule has 2 aromatic carbocycles. The summed E-state index contributed by atoms with van der Waals surface area (Å²) in [7, 11) is 0. The number of carboxylic acid groups (broad SMARTS) is 1. The smallest absolute Gasteiger partial charge is 0.412 e. The van der Waals surface area contributed by atoms with Crippen molar-refractivity contribution >= 4 is 44.4 Å². The number of anilines is 1. The summed E-state index contributed by atoms with van der Waals surface area (Å²) in [6, 6.07) is 6.05. The van der Waals surface area contributed by atoms with Gasteiger partial charge in [0, 0.05) is 24.1 Å². The summed E-state index contributed by atoms with van der Waals surface area (Å²) in [6.07, 6.45) is 2.60. The quantitative estimate of drug-likeness (QED) is 0.216. The molecule has 0 aliphatic carbocycles. The number of rotatable bonds is 10. The van der Waals surface area contributed by atoms with E-state index in [1.165, 1.54) is 29.8 Å². The molecule has 2 N–H and O–H groups in total. The van der Waals surface area contributed by atoms with E-state index in [-0.39, 0.29) is 24.5 Å². The van der Waals surface area contributed by atoms with Gasteiger partial charge < -0.3 is 19.7 Å². The summed E-state index contributed by atoms with van der Waals surface area (Å²) in [4.78, 5) is 35.2. The summed E-state index contributed by atoms with van der Waals surface area (Å²) < 4.78 is 27.4. The van der Waals surface area contributed by atoms with Crippen molar-refractivity contribution in [2.75, 3.05) is 18.1 Å². The zero-order chi connectivity index (χ0) is 30.0. The molecule has 2 unspecified atom stereocenters. The van der Waals surface area contributed by atoms with Crippen molar-refractivity contribution < 1.29 is 28.9 Å². The lowest BCUT2D eigenvalue weighted by Gasteiger charge is -2.30. The predicted octanol–water partition coefficient (Wildman–Crippen LogP) is 5.42. The van der Waals surface area contributed by atoms with Gasteiger partial charge in [-0.25, -0.2) is 34.1 Å². The zero-order valence-electron chi connectivity index (χ0n) is 23.4. The third-order valence-electron chi connectivity index (χ3n) is 6.64. The first-order valence-electron chi connectivity index (χ1n) is 13.3. The summed E-state index contributed by atoms with van der Waals surface area (Å²) in [5.74, 6) is 0.189. The van der Waals surface area contributed by atoms with Crippen LogP contribution in [0.1, 0.15) is 32.2 Å². The standard InChI is InChI=1S/C29H29FN6O5S/c1-5-40-26-14-33-27-19(8-15(2)9-22(27)34-26)28-35-21-10-20(30)23(11-24(21)42-28)41-17(4)16(3)36(29(38)39)18-12-31-25(6-7-37)32-13-18/h8-14,16-17,37H,5-7H2,1-4H3,(H,38,39). The fraction of sp³-hybridized carbons (Fsp3) is 0.310. The van der Waals surface area contributed by atoms with Gasteiger partial charge in [0.25, 0.3) is 0 Å². The van der Waals surface area contributed by atoms with Gasteiger partial charge in [0.1, 0.15) is 16.9 Å². The number of thiazole rings is 1.